The number of hydrogen-bond acceptors (Lipinski definition) is 6. The van der Waals surface area contributed by atoms with Gasteiger partial charge in [-0.05, 0) is 44.5 Å². The molecule has 0 aliphatic carbocycles. The van der Waals surface area contributed by atoms with E-state index in [9.17, 15) is 19.5 Å². The van der Waals surface area contributed by atoms with Gasteiger partial charge in [0.25, 0.3) is 5.91 Å². The van der Waals surface area contributed by atoms with E-state index < -0.39 is 17.5 Å². The van der Waals surface area contributed by atoms with Crippen LogP contribution >= 0.6 is 0 Å². The van der Waals surface area contributed by atoms with E-state index in [0.29, 0.717) is 46.2 Å². The van der Waals surface area contributed by atoms with Crippen LogP contribution in [0.25, 0.3) is 22.0 Å². The molecule has 0 bridgehead atoms. The Labute approximate surface area is 227 Å². The normalized spacial score (nSPS) is 11.3. The highest BCUT2D eigenvalue weighted by Gasteiger charge is 2.53. The van der Waals surface area contributed by atoms with Gasteiger partial charge < -0.3 is 24.5 Å². The molecule has 8 heteroatoms. The number of aryl methyl sites for hydroxylation is 1. The number of fused-ring (bicyclic) bond motifs is 1. The van der Waals surface area contributed by atoms with Crippen LogP contribution in [0.2, 0.25) is 0 Å². The number of ether oxygens (including phenoxy) is 2. The molecule has 39 heavy (non-hydrogen) atoms. The van der Waals surface area contributed by atoms with Crippen molar-refractivity contribution < 1.29 is 29.0 Å². The fourth-order valence-electron chi connectivity index (χ4n) is 4.75. The lowest BCUT2D eigenvalue weighted by Gasteiger charge is -2.27. The number of rotatable bonds is 10. The SMILES string of the molecule is CCCn1c(C(O)(C(=O)OCC)C(=O)OCC)c(-c2ccccc2NC(=O)c2ccccc2)c2ccccc21. The number of aromatic nitrogens is 1. The summed E-state index contributed by atoms with van der Waals surface area (Å²) in [6.45, 7) is 5.46. The fraction of sp³-hybridized carbons (Fsp3) is 0.258. The van der Waals surface area contributed by atoms with Crippen molar-refractivity contribution >= 4 is 34.4 Å². The topological polar surface area (TPSA) is 107 Å². The lowest BCUT2D eigenvalue weighted by Crippen LogP contribution is -2.48. The average molecular weight is 529 g/mol. The van der Waals surface area contributed by atoms with Crippen LogP contribution in [0.15, 0.2) is 78.9 Å². The summed E-state index contributed by atoms with van der Waals surface area (Å²) >= 11 is 0. The van der Waals surface area contributed by atoms with Crippen LogP contribution < -0.4 is 5.32 Å². The van der Waals surface area contributed by atoms with Crippen molar-refractivity contribution in [2.75, 3.05) is 18.5 Å². The Kier molecular flexibility index (Phi) is 8.46. The number of para-hydroxylation sites is 2. The van der Waals surface area contributed by atoms with Crippen LogP contribution in [-0.2, 0) is 31.2 Å². The standard InChI is InChI=1S/C31H32N2O6/c1-4-20-33-25-19-13-11-17-23(25)26(27(33)31(37,29(35)38-5-2)30(36)39-6-3)22-16-10-12-18-24(22)32-28(34)21-14-8-7-9-15-21/h7-19,37H,4-6,20H2,1-3H3,(H,32,34). The van der Waals surface area contributed by atoms with E-state index in [2.05, 4.69) is 5.32 Å². The number of carbonyl (C=O) groups is 3. The highest BCUT2D eigenvalue weighted by Crippen LogP contribution is 2.44. The Hall–Kier alpha value is -4.43. The second-order valence-corrected chi connectivity index (χ2v) is 8.91. The van der Waals surface area contributed by atoms with E-state index >= 15 is 0 Å². The van der Waals surface area contributed by atoms with E-state index in [1.54, 1.807) is 66.9 Å². The molecule has 1 aromatic heterocycles. The first-order chi connectivity index (χ1) is 18.9. The maximum Gasteiger partial charge on any atom is 0.356 e. The molecule has 2 N–H and O–H groups in total. The molecule has 202 valence electrons. The van der Waals surface area contributed by atoms with Gasteiger partial charge in [-0.1, -0.05) is 61.5 Å². The van der Waals surface area contributed by atoms with E-state index in [-0.39, 0.29) is 24.8 Å². The molecule has 1 heterocycles. The highest BCUT2D eigenvalue weighted by atomic mass is 16.6. The van der Waals surface area contributed by atoms with Crippen molar-refractivity contribution in [3.05, 3.63) is 90.1 Å². The smallest absolute Gasteiger partial charge is 0.356 e. The van der Waals surface area contributed by atoms with E-state index in [4.69, 9.17) is 9.47 Å². The molecule has 0 aliphatic heterocycles. The lowest BCUT2D eigenvalue weighted by atomic mass is 9.90. The van der Waals surface area contributed by atoms with Gasteiger partial charge in [-0.15, -0.1) is 0 Å². The van der Waals surface area contributed by atoms with E-state index in [1.165, 1.54) is 0 Å². The number of esters is 2. The molecule has 0 atom stereocenters. The maximum absolute atomic E-state index is 13.4. The predicted molar refractivity (Wildman–Crippen MR) is 149 cm³/mol. The molecule has 4 aromatic rings. The largest absolute Gasteiger partial charge is 0.463 e. The number of amides is 1. The first kappa shape index (κ1) is 27.6. The Balaban J connectivity index is 2.05. The number of nitrogens with zero attached hydrogens (tertiary/aromatic N) is 1. The lowest BCUT2D eigenvalue weighted by molar-refractivity contribution is -0.185. The summed E-state index contributed by atoms with van der Waals surface area (Å²) in [5, 5.41) is 15.7. The number of aliphatic hydroxyl groups is 1. The molecule has 0 aliphatic rings. The fourth-order valence-corrected chi connectivity index (χ4v) is 4.75. The third kappa shape index (κ3) is 5.15. The molecule has 0 radical (unpaired) electrons. The van der Waals surface area contributed by atoms with Crippen molar-refractivity contribution in [2.24, 2.45) is 0 Å². The van der Waals surface area contributed by atoms with Crippen LogP contribution in [0.5, 0.6) is 0 Å². The number of carbonyl (C=O) groups excluding carboxylic acids is 3. The molecule has 8 nitrogen and oxygen atoms in total. The molecular weight excluding hydrogens is 496 g/mol. The zero-order valence-electron chi connectivity index (χ0n) is 22.3. The Morgan fingerprint density at radius 3 is 2.05 bits per heavy atom. The third-order valence-electron chi connectivity index (χ3n) is 6.38. The molecule has 0 saturated carbocycles. The van der Waals surface area contributed by atoms with Gasteiger partial charge in [0.15, 0.2) is 0 Å². The summed E-state index contributed by atoms with van der Waals surface area (Å²) in [5.41, 5.74) is -0.157. The molecule has 3 aromatic carbocycles. The molecule has 4 rings (SSSR count). The number of nitrogens with one attached hydrogen (secondary N) is 1. The average Bonchev–Trinajstić information content (AvgIpc) is 3.28. The van der Waals surface area contributed by atoms with E-state index in [0.717, 1.165) is 0 Å². The zero-order chi connectivity index (χ0) is 28.0. The summed E-state index contributed by atoms with van der Waals surface area (Å²) in [5.74, 6) is -2.58. The summed E-state index contributed by atoms with van der Waals surface area (Å²) in [6, 6.07) is 23.3. The highest BCUT2D eigenvalue weighted by molar-refractivity contribution is 6.12. The van der Waals surface area contributed by atoms with Crippen LogP contribution in [0.4, 0.5) is 5.69 Å². The zero-order valence-corrected chi connectivity index (χ0v) is 22.3. The van der Waals surface area contributed by atoms with Crippen molar-refractivity contribution in [2.45, 2.75) is 39.3 Å². The van der Waals surface area contributed by atoms with Crippen LogP contribution in [0, 0.1) is 0 Å². The minimum atomic E-state index is -2.76. The summed E-state index contributed by atoms with van der Waals surface area (Å²) in [7, 11) is 0. The quantitative estimate of drug-likeness (QED) is 0.214. The van der Waals surface area contributed by atoms with Gasteiger partial charge in [0.05, 0.1) is 18.9 Å². The van der Waals surface area contributed by atoms with Gasteiger partial charge in [-0.25, -0.2) is 9.59 Å². The van der Waals surface area contributed by atoms with Gasteiger partial charge in [-0.2, -0.15) is 0 Å². The number of benzene rings is 3. The second-order valence-electron chi connectivity index (χ2n) is 8.91. The van der Waals surface area contributed by atoms with Crippen molar-refractivity contribution in [1.82, 2.24) is 4.57 Å². The first-order valence-corrected chi connectivity index (χ1v) is 13.0. The molecular formula is C31H32N2O6. The van der Waals surface area contributed by atoms with Crippen LogP contribution in [0.1, 0.15) is 43.2 Å². The summed E-state index contributed by atoms with van der Waals surface area (Å²) in [6.07, 6.45) is 0.652. The van der Waals surface area contributed by atoms with Gasteiger partial charge in [0.1, 0.15) is 0 Å². The third-order valence-corrected chi connectivity index (χ3v) is 6.38. The first-order valence-electron chi connectivity index (χ1n) is 13.0. The second kappa shape index (κ2) is 12.0. The Bertz CT molecular complexity index is 1470. The van der Waals surface area contributed by atoms with E-state index in [1.807, 2.05) is 37.3 Å². The van der Waals surface area contributed by atoms with Crippen LogP contribution in [0.3, 0.4) is 0 Å². The molecule has 1 amide bonds. The number of anilines is 1. The summed E-state index contributed by atoms with van der Waals surface area (Å²) in [4.78, 5) is 39.9. The minimum Gasteiger partial charge on any atom is -0.463 e. The van der Waals surface area contributed by atoms with Gasteiger partial charge in [0.2, 0.25) is 0 Å². The van der Waals surface area contributed by atoms with Crippen LogP contribution in [-0.4, -0.2) is 40.7 Å². The van der Waals surface area contributed by atoms with Crippen molar-refractivity contribution in [1.29, 1.82) is 0 Å². The monoisotopic (exact) mass is 528 g/mol. The van der Waals surface area contributed by atoms with Gasteiger partial charge >= 0.3 is 17.5 Å². The number of hydrogen-bond donors (Lipinski definition) is 2. The Morgan fingerprint density at radius 2 is 1.41 bits per heavy atom. The van der Waals surface area contributed by atoms with Crippen molar-refractivity contribution in [3.63, 3.8) is 0 Å². The Morgan fingerprint density at radius 1 is 0.821 bits per heavy atom. The van der Waals surface area contributed by atoms with Gasteiger partial charge in [0, 0.05) is 39.8 Å². The van der Waals surface area contributed by atoms with Gasteiger partial charge in [-0.3, -0.25) is 4.79 Å². The molecule has 0 unspecified atom stereocenters. The molecule has 0 saturated heterocycles. The predicted octanol–water partition coefficient (Wildman–Crippen LogP) is 5.28. The van der Waals surface area contributed by atoms with Crippen molar-refractivity contribution in [3.8, 4) is 11.1 Å². The summed E-state index contributed by atoms with van der Waals surface area (Å²) < 4.78 is 12.2. The minimum absolute atomic E-state index is 0.0314. The maximum atomic E-state index is 13.4. The molecule has 0 fully saturated rings. The molecule has 0 spiro atoms.